The van der Waals surface area contributed by atoms with Gasteiger partial charge in [-0.2, -0.15) is 0 Å². The zero-order chi connectivity index (χ0) is 24.0. The van der Waals surface area contributed by atoms with Crippen LogP contribution in [0.25, 0.3) is 15.7 Å². The van der Waals surface area contributed by atoms with Crippen molar-refractivity contribution in [2.75, 3.05) is 5.32 Å². The third-order valence-corrected chi connectivity index (χ3v) is 7.66. The van der Waals surface area contributed by atoms with Crippen molar-refractivity contribution in [3.8, 4) is 5.75 Å². The average molecular weight is 492 g/mol. The van der Waals surface area contributed by atoms with Crippen LogP contribution in [0.2, 0.25) is 5.02 Å². The number of amides is 1. The van der Waals surface area contributed by atoms with Gasteiger partial charge in [0.05, 0.1) is 23.2 Å². The maximum Gasteiger partial charge on any atom is 0.257 e. The van der Waals surface area contributed by atoms with Gasteiger partial charge in [-0.05, 0) is 43.2 Å². The lowest BCUT2D eigenvalue weighted by atomic mass is 9.90. The van der Waals surface area contributed by atoms with E-state index in [2.05, 4.69) is 17.1 Å². The van der Waals surface area contributed by atoms with Crippen molar-refractivity contribution in [3.05, 3.63) is 93.8 Å². The first-order valence-electron chi connectivity index (χ1n) is 10.7. The van der Waals surface area contributed by atoms with Gasteiger partial charge in [0, 0.05) is 21.2 Å². The third-order valence-electron chi connectivity index (χ3n) is 5.96. The maximum atomic E-state index is 13.4. The molecule has 0 saturated carbocycles. The van der Waals surface area contributed by atoms with Crippen LogP contribution in [0.15, 0.2) is 65.8 Å². The molecule has 1 aliphatic heterocycles. The summed E-state index contributed by atoms with van der Waals surface area (Å²) in [5.41, 5.74) is 3.14. The molecule has 1 aliphatic rings. The van der Waals surface area contributed by atoms with Gasteiger partial charge < -0.3 is 19.8 Å². The number of aromatic nitrogens is 1. The number of hydrogen-bond acceptors (Lipinski definition) is 6. The number of phenols is 1. The van der Waals surface area contributed by atoms with Crippen LogP contribution in [0.3, 0.4) is 0 Å². The van der Waals surface area contributed by atoms with Gasteiger partial charge in [-0.25, -0.2) is 0 Å². The Bertz CT molecular complexity index is 1450. The first-order valence-corrected chi connectivity index (χ1v) is 11.9. The number of carbonyl (C=O) groups is 1. The molecule has 1 unspecified atom stereocenters. The Morgan fingerprint density at radius 1 is 1.32 bits per heavy atom. The fourth-order valence-electron chi connectivity index (χ4n) is 4.30. The van der Waals surface area contributed by atoms with Gasteiger partial charge >= 0.3 is 0 Å². The SMILES string of the molecule is C=CC1c2cc(O)ccc2C(C(=O)Nc2c(C)noc2C)=CN1Cc1sc2ccccc2c1Cl. The van der Waals surface area contributed by atoms with Crippen LogP contribution in [-0.2, 0) is 11.3 Å². The number of carbonyl (C=O) groups excluding carboxylic acids is 1. The molecule has 5 rings (SSSR count). The molecule has 2 N–H and O–H groups in total. The Kier molecular flexibility index (Phi) is 5.67. The molecule has 8 heteroatoms. The Balaban J connectivity index is 1.58. The maximum absolute atomic E-state index is 13.4. The van der Waals surface area contributed by atoms with Crippen molar-refractivity contribution in [2.45, 2.75) is 26.4 Å². The molecule has 0 radical (unpaired) electrons. The van der Waals surface area contributed by atoms with Crippen molar-refractivity contribution in [1.82, 2.24) is 10.1 Å². The fraction of sp³-hybridized carbons (Fsp3) is 0.154. The van der Waals surface area contributed by atoms with Crippen molar-refractivity contribution in [1.29, 1.82) is 0 Å². The van der Waals surface area contributed by atoms with Gasteiger partial charge in [0.15, 0.2) is 5.76 Å². The second kappa shape index (κ2) is 8.66. The number of rotatable bonds is 5. The molecule has 3 heterocycles. The van der Waals surface area contributed by atoms with Gasteiger partial charge in [0.1, 0.15) is 17.1 Å². The van der Waals surface area contributed by atoms with Crippen LogP contribution in [0, 0.1) is 13.8 Å². The zero-order valence-corrected chi connectivity index (χ0v) is 20.2. The van der Waals surface area contributed by atoms with E-state index in [0.717, 1.165) is 26.1 Å². The Labute approximate surface area is 205 Å². The number of halogens is 1. The minimum Gasteiger partial charge on any atom is -0.508 e. The van der Waals surface area contributed by atoms with Gasteiger partial charge in [0.2, 0.25) is 0 Å². The summed E-state index contributed by atoms with van der Waals surface area (Å²) < 4.78 is 6.30. The molecule has 0 aliphatic carbocycles. The number of phenolic OH excluding ortho intramolecular Hbond substituents is 1. The standard InChI is InChI=1S/C26H22ClN3O3S/c1-4-21-19-11-16(31)9-10-17(19)20(26(32)28-25-14(2)29-33-15(25)3)12-30(21)13-23-24(27)18-7-5-6-8-22(18)34-23/h4-12,21,31H,1,13H2,2-3H3,(H,28,32). The summed E-state index contributed by atoms with van der Waals surface area (Å²) in [6, 6.07) is 12.8. The molecular weight excluding hydrogens is 470 g/mol. The minimum absolute atomic E-state index is 0.123. The second-order valence-corrected chi connectivity index (χ2v) is 9.67. The summed E-state index contributed by atoms with van der Waals surface area (Å²) in [6.07, 6.45) is 3.64. The highest BCUT2D eigenvalue weighted by molar-refractivity contribution is 7.19. The normalized spacial score (nSPS) is 15.2. The van der Waals surface area contributed by atoms with Gasteiger partial charge in [-0.1, -0.05) is 47.1 Å². The van der Waals surface area contributed by atoms with Crippen LogP contribution in [0.5, 0.6) is 5.75 Å². The van der Waals surface area contributed by atoms with Crippen LogP contribution in [-0.4, -0.2) is 21.1 Å². The lowest BCUT2D eigenvalue weighted by Gasteiger charge is -2.35. The molecule has 0 saturated heterocycles. The number of benzene rings is 2. The Hall–Kier alpha value is -3.55. The van der Waals surface area contributed by atoms with Crippen LogP contribution in [0.4, 0.5) is 5.69 Å². The number of aromatic hydroxyl groups is 1. The lowest BCUT2D eigenvalue weighted by Crippen LogP contribution is -2.29. The number of nitrogens with zero attached hydrogens (tertiary/aromatic N) is 2. The zero-order valence-electron chi connectivity index (χ0n) is 18.6. The number of thiophene rings is 1. The van der Waals surface area contributed by atoms with Gasteiger partial charge in [0.25, 0.3) is 5.91 Å². The topological polar surface area (TPSA) is 78.6 Å². The largest absolute Gasteiger partial charge is 0.508 e. The number of anilines is 1. The smallest absolute Gasteiger partial charge is 0.257 e. The summed E-state index contributed by atoms with van der Waals surface area (Å²) >= 11 is 8.35. The minimum atomic E-state index is -0.295. The molecular formula is C26H22ClN3O3S. The highest BCUT2D eigenvalue weighted by Gasteiger charge is 2.30. The van der Waals surface area contributed by atoms with Crippen molar-refractivity contribution < 1.29 is 14.4 Å². The van der Waals surface area contributed by atoms with Crippen molar-refractivity contribution in [2.24, 2.45) is 0 Å². The molecule has 1 atom stereocenters. The van der Waals surface area contributed by atoms with Crippen LogP contribution >= 0.6 is 22.9 Å². The second-order valence-electron chi connectivity index (χ2n) is 8.16. The predicted molar refractivity (Wildman–Crippen MR) is 136 cm³/mol. The monoisotopic (exact) mass is 491 g/mol. The molecule has 2 aromatic carbocycles. The average Bonchev–Trinajstić information content (AvgIpc) is 3.31. The number of fused-ring (bicyclic) bond motifs is 2. The van der Waals surface area contributed by atoms with Gasteiger partial charge in [-0.3, -0.25) is 4.79 Å². The molecule has 34 heavy (non-hydrogen) atoms. The van der Waals surface area contributed by atoms with Crippen molar-refractivity contribution in [3.63, 3.8) is 0 Å². The highest BCUT2D eigenvalue weighted by Crippen LogP contribution is 2.42. The van der Waals surface area contributed by atoms with E-state index in [4.69, 9.17) is 16.1 Å². The first-order chi connectivity index (χ1) is 16.4. The van der Waals surface area contributed by atoms with E-state index in [-0.39, 0.29) is 17.7 Å². The first kappa shape index (κ1) is 22.3. The predicted octanol–water partition coefficient (Wildman–Crippen LogP) is 6.59. The summed E-state index contributed by atoms with van der Waals surface area (Å²) in [5.74, 6) is 0.361. The molecule has 0 spiro atoms. The molecule has 2 aromatic heterocycles. The van der Waals surface area contributed by atoms with Crippen molar-refractivity contribution >= 4 is 50.2 Å². The van der Waals surface area contributed by atoms with E-state index in [0.29, 0.717) is 34.3 Å². The summed E-state index contributed by atoms with van der Waals surface area (Å²) in [4.78, 5) is 16.4. The molecule has 4 aromatic rings. The summed E-state index contributed by atoms with van der Waals surface area (Å²) in [5, 5.41) is 18.8. The van der Waals surface area contributed by atoms with E-state index >= 15 is 0 Å². The Morgan fingerprint density at radius 3 is 2.82 bits per heavy atom. The van der Waals surface area contributed by atoms with Gasteiger partial charge in [-0.15, -0.1) is 17.9 Å². The molecule has 6 nitrogen and oxygen atoms in total. The van der Waals surface area contributed by atoms with E-state index in [9.17, 15) is 9.90 Å². The molecule has 1 amide bonds. The highest BCUT2D eigenvalue weighted by atomic mass is 35.5. The third kappa shape index (κ3) is 3.77. The summed E-state index contributed by atoms with van der Waals surface area (Å²) in [7, 11) is 0. The van der Waals surface area contributed by atoms with E-state index in [1.807, 2.05) is 35.4 Å². The quantitative estimate of drug-likeness (QED) is 0.308. The fourth-order valence-corrected chi connectivity index (χ4v) is 5.80. The molecule has 0 fully saturated rings. The molecule has 0 bridgehead atoms. The van der Waals surface area contributed by atoms with E-state index < -0.39 is 0 Å². The number of nitrogens with one attached hydrogen (secondary N) is 1. The number of aryl methyl sites for hydroxylation is 2. The van der Waals surface area contributed by atoms with Crippen LogP contribution in [0.1, 0.15) is 33.5 Å². The Morgan fingerprint density at radius 2 is 2.12 bits per heavy atom. The molecule has 172 valence electrons. The summed E-state index contributed by atoms with van der Waals surface area (Å²) in [6.45, 7) is 8.02. The van der Waals surface area contributed by atoms with Crippen LogP contribution < -0.4 is 5.32 Å². The van der Waals surface area contributed by atoms with E-state index in [1.54, 1.807) is 49.5 Å². The van der Waals surface area contributed by atoms with E-state index in [1.165, 1.54) is 0 Å². The lowest BCUT2D eigenvalue weighted by molar-refractivity contribution is -0.111. The number of hydrogen-bond donors (Lipinski definition) is 2.